The van der Waals surface area contributed by atoms with Crippen molar-refractivity contribution in [3.63, 3.8) is 0 Å². The highest BCUT2D eigenvalue weighted by molar-refractivity contribution is 5.82. The third-order valence-corrected chi connectivity index (χ3v) is 4.90. The van der Waals surface area contributed by atoms with E-state index < -0.39 is 0 Å². The van der Waals surface area contributed by atoms with Crippen LogP contribution in [0, 0.1) is 0 Å². The molecule has 2 nitrogen and oxygen atoms in total. The Balaban J connectivity index is 0.00000161. The molecule has 2 aromatic carbocycles. The number of benzene rings is 2. The molecular formula is C18H25IN2. The second-order valence-corrected chi connectivity index (χ2v) is 6.34. The van der Waals surface area contributed by atoms with Crippen LogP contribution in [0.2, 0.25) is 0 Å². The first-order chi connectivity index (χ1) is 9.68. The van der Waals surface area contributed by atoms with Crippen LogP contribution in [0.3, 0.4) is 0 Å². The van der Waals surface area contributed by atoms with E-state index in [-0.39, 0.29) is 24.0 Å². The number of hydrogen-bond donors (Lipinski definition) is 0. The third kappa shape index (κ3) is 3.96. The van der Waals surface area contributed by atoms with Crippen LogP contribution < -0.4 is 24.0 Å². The van der Waals surface area contributed by atoms with Gasteiger partial charge in [0.05, 0.1) is 26.7 Å². The van der Waals surface area contributed by atoms with Crippen molar-refractivity contribution in [3.8, 4) is 0 Å². The molecule has 3 heteroatoms. The molecule has 0 aliphatic carbocycles. The van der Waals surface area contributed by atoms with Gasteiger partial charge in [-0.1, -0.05) is 36.4 Å². The zero-order chi connectivity index (χ0) is 14.0. The number of piperazine rings is 1. The number of fused-ring (bicyclic) bond motifs is 1. The number of hydrogen-bond acceptors (Lipinski definition) is 1. The maximum atomic E-state index is 2.60. The summed E-state index contributed by atoms with van der Waals surface area (Å²) in [4.78, 5) is 2.60. The molecule has 0 radical (unpaired) electrons. The van der Waals surface area contributed by atoms with Gasteiger partial charge in [-0.05, 0) is 29.3 Å². The highest BCUT2D eigenvalue weighted by atomic mass is 127. The van der Waals surface area contributed by atoms with E-state index in [9.17, 15) is 0 Å². The summed E-state index contributed by atoms with van der Waals surface area (Å²) in [6, 6.07) is 15.5. The van der Waals surface area contributed by atoms with Gasteiger partial charge >= 0.3 is 0 Å². The average Bonchev–Trinajstić information content (AvgIpc) is 2.50. The molecule has 0 N–H and O–H groups in total. The van der Waals surface area contributed by atoms with E-state index in [2.05, 4.69) is 61.3 Å². The quantitative estimate of drug-likeness (QED) is 0.527. The Morgan fingerprint density at radius 2 is 1.67 bits per heavy atom. The SMILES string of the molecule is CC[N+]1(C)CCN(Cc2ccc3ccccc3c2)CC1.[I-]. The van der Waals surface area contributed by atoms with Gasteiger partial charge in [-0.25, -0.2) is 0 Å². The fourth-order valence-corrected chi connectivity index (χ4v) is 3.06. The van der Waals surface area contributed by atoms with Gasteiger partial charge in [-0.3, -0.25) is 4.90 Å². The van der Waals surface area contributed by atoms with E-state index in [0.717, 1.165) is 6.54 Å². The van der Waals surface area contributed by atoms with Gasteiger partial charge in [-0.2, -0.15) is 0 Å². The van der Waals surface area contributed by atoms with Gasteiger partial charge in [-0.15, -0.1) is 0 Å². The molecule has 0 unspecified atom stereocenters. The fraction of sp³-hybridized carbons (Fsp3) is 0.444. The molecule has 114 valence electrons. The molecule has 0 atom stereocenters. The molecule has 0 saturated carbocycles. The maximum absolute atomic E-state index is 2.60. The zero-order valence-electron chi connectivity index (χ0n) is 13.1. The second kappa shape index (κ2) is 7.07. The Morgan fingerprint density at radius 1 is 1.00 bits per heavy atom. The van der Waals surface area contributed by atoms with Gasteiger partial charge in [0.2, 0.25) is 0 Å². The Labute approximate surface area is 145 Å². The molecule has 1 aliphatic rings. The van der Waals surface area contributed by atoms with E-state index >= 15 is 0 Å². The van der Waals surface area contributed by atoms with Crippen molar-refractivity contribution in [3.05, 3.63) is 48.0 Å². The Morgan fingerprint density at radius 3 is 2.33 bits per heavy atom. The normalized spacial score (nSPS) is 18.4. The molecule has 1 heterocycles. The number of likely N-dealkylation sites (N-methyl/N-ethyl adjacent to an activating group) is 1. The van der Waals surface area contributed by atoms with Gasteiger partial charge < -0.3 is 28.5 Å². The lowest BCUT2D eigenvalue weighted by Crippen LogP contribution is -3.00. The Kier molecular flexibility index (Phi) is 5.63. The topological polar surface area (TPSA) is 3.24 Å². The zero-order valence-corrected chi connectivity index (χ0v) is 15.2. The summed E-state index contributed by atoms with van der Waals surface area (Å²) in [6.45, 7) is 9.65. The van der Waals surface area contributed by atoms with Crippen LogP contribution in [0.25, 0.3) is 10.8 Å². The first kappa shape index (κ1) is 16.7. The monoisotopic (exact) mass is 396 g/mol. The molecule has 2 aromatic rings. The van der Waals surface area contributed by atoms with Crippen LogP contribution in [-0.4, -0.2) is 49.2 Å². The largest absolute Gasteiger partial charge is 1.00 e. The van der Waals surface area contributed by atoms with Crippen LogP contribution >= 0.6 is 0 Å². The van der Waals surface area contributed by atoms with Crippen molar-refractivity contribution in [1.29, 1.82) is 0 Å². The average molecular weight is 396 g/mol. The van der Waals surface area contributed by atoms with Crippen molar-refractivity contribution < 1.29 is 28.5 Å². The van der Waals surface area contributed by atoms with Crippen LogP contribution in [-0.2, 0) is 6.54 Å². The minimum absolute atomic E-state index is 0. The van der Waals surface area contributed by atoms with Crippen molar-refractivity contribution in [1.82, 2.24) is 4.90 Å². The molecule has 1 fully saturated rings. The molecule has 3 rings (SSSR count). The van der Waals surface area contributed by atoms with Crippen molar-refractivity contribution in [2.45, 2.75) is 13.5 Å². The third-order valence-electron chi connectivity index (χ3n) is 4.90. The van der Waals surface area contributed by atoms with Crippen LogP contribution in [0.4, 0.5) is 0 Å². The highest BCUT2D eigenvalue weighted by Crippen LogP contribution is 2.18. The van der Waals surface area contributed by atoms with E-state index in [1.807, 2.05) is 0 Å². The fourth-order valence-electron chi connectivity index (χ4n) is 3.06. The minimum atomic E-state index is 0. The van der Waals surface area contributed by atoms with E-state index in [4.69, 9.17) is 0 Å². The number of rotatable bonds is 3. The molecule has 21 heavy (non-hydrogen) atoms. The van der Waals surface area contributed by atoms with Crippen LogP contribution in [0.1, 0.15) is 12.5 Å². The summed E-state index contributed by atoms with van der Waals surface area (Å²) >= 11 is 0. The predicted molar refractivity (Wildman–Crippen MR) is 85.7 cm³/mol. The second-order valence-electron chi connectivity index (χ2n) is 6.34. The molecule has 0 bridgehead atoms. The van der Waals surface area contributed by atoms with Gasteiger partial charge in [0.1, 0.15) is 0 Å². The summed E-state index contributed by atoms with van der Waals surface area (Å²) in [5.41, 5.74) is 1.44. The van der Waals surface area contributed by atoms with Crippen molar-refractivity contribution >= 4 is 10.8 Å². The summed E-state index contributed by atoms with van der Waals surface area (Å²) in [6.07, 6.45) is 0. The summed E-state index contributed by atoms with van der Waals surface area (Å²) < 4.78 is 1.23. The smallest absolute Gasteiger partial charge is 0.0914 e. The van der Waals surface area contributed by atoms with Gasteiger partial charge in [0, 0.05) is 19.6 Å². The highest BCUT2D eigenvalue weighted by Gasteiger charge is 2.26. The number of halogens is 1. The Bertz CT molecular complexity index is 589. The lowest BCUT2D eigenvalue weighted by Gasteiger charge is -2.41. The lowest BCUT2D eigenvalue weighted by molar-refractivity contribution is -0.912. The lowest BCUT2D eigenvalue weighted by atomic mass is 10.1. The molecular weight excluding hydrogens is 371 g/mol. The molecule has 0 amide bonds. The van der Waals surface area contributed by atoms with E-state index in [1.54, 1.807) is 0 Å². The number of nitrogens with zero attached hydrogens (tertiary/aromatic N) is 2. The summed E-state index contributed by atoms with van der Waals surface area (Å²) in [5, 5.41) is 2.70. The predicted octanol–water partition coefficient (Wildman–Crippen LogP) is 0.126. The van der Waals surface area contributed by atoms with Gasteiger partial charge in [0.25, 0.3) is 0 Å². The molecule has 1 aliphatic heterocycles. The van der Waals surface area contributed by atoms with Crippen LogP contribution in [0.15, 0.2) is 42.5 Å². The van der Waals surface area contributed by atoms with Crippen molar-refractivity contribution in [2.24, 2.45) is 0 Å². The first-order valence-electron chi connectivity index (χ1n) is 7.72. The van der Waals surface area contributed by atoms with Gasteiger partial charge in [0.15, 0.2) is 0 Å². The van der Waals surface area contributed by atoms with E-state index in [0.29, 0.717) is 0 Å². The van der Waals surface area contributed by atoms with Crippen LogP contribution in [0.5, 0.6) is 0 Å². The maximum Gasteiger partial charge on any atom is 0.0914 e. The minimum Gasteiger partial charge on any atom is -1.00 e. The molecule has 1 saturated heterocycles. The van der Waals surface area contributed by atoms with E-state index in [1.165, 1.54) is 53.5 Å². The Hall–Kier alpha value is -0.650. The first-order valence-corrected chi connectivity index (χ1v) is 7.72. The molecule has 0 aromatic heterocycles. The molecule has 0 spiro atoms. The number of quaternary nitrogens is 1. The summed E-state index contributed by atoms with van der Waals surface area (Å²) in [7, 11) is 2.38. The standard InChI is InChI=1S/C18H25N2.HI/c1-3-20(2)12-10-19(11-13-20)15-16-8-9-17-6-4-5-7-18(17)14-16;/h4-9,14H,3,10-13,15H2,1-2H3;1H/q+1;/p-1. The summed E-state index contributed by atoms with van der Waals surface area (Å²) in [5.74, 6) is 0. The van der Waals surface area contributed by atoms with Crippen molar-refractivity contribution in [2.75, 3.05) is 39.8 Å².